The second kappa shape index (κ2) is 6.73. The number of halogens is 2. The van der Waals surface area contributed by atoms with Crippen LogP contribution in [0.1, 0.15) is 16.8 Å². The molecule has 1 aromatic rings. The lowest BCUT2D eigenvalue weighted by atomic mass is 10.1. The Labute approximate surface area is 118 Å². The second-order valence-corrected chi connectivity index (χ2v) is 4.31. The van der Waals surface area contributed by atoms with E-state index in [2.05, 4.69) is 5.32 Å². The van der Waals surface area contributed by atoms with E-state index in [9.17, 15) is 28.5 Å². The lowest BCUT2D eigenvalue weighted by Crippen LogP contribution is -2.31. The van der Waals surface area contributed by atoms with Crippen LogP contribution < -0.4 is 5.32 Å². The van der Waals surface area contributed by atoms with Crippen molar-refractivity contribution in [3.63, 3.8) is 0 Å². The summed E-state index contributed by atoms with van der Waals surface area (Å²) in [5.41, 5.74) is -2.03. The molecule has 0 aliphatic heterocycles. The Kier molecular flexibility index (Phi) is 5.28. The van der Waals surface area contributed by atoms with Crippen LogP contribution >= 0.6 is 0 Å². The molecular formula is C12H13F2N3O4. The Morgan fingerprint density at radius 1 is 1.33 bits per heavy atom. The molecule has 114 valence electrons. The number of amides is 2. The minimum absolute atomic E-state index is 0.0586. The Hall–Kier alpha value is -2.58. The first-order chi connectivity index (χ1) is 9.75. The van der Waals surface area contributed by atoms with Crippen molar-refractivity contribution >= 4 is 17.5 Å². The van der Waals surface area contributed by atoms with Crippen LogP contribution in [0.15, 0.2) is 12.1 Å². The summed E-state index contributed by atoms with van der Waals surface area (Å²) in [6.45, 7) is -0.141. The molecule has 0 atom stereocenters. The van der Waals surface area contributed by atoms with Gasteiger partial charge in [0.1, 0.15) is 11.4 Å². The molecule has 21 heavy (non-hydrogen) atoms. The summed E-state index contributed by atoms with van der Waals surface area (Å²) in [6, 6.07) is 1.28. The molecule has 0 heterocycles. The minimum Gasteiger partial charge on any atom is -0.351 e. The number of rotatable bonds is 5. The van der Waals surface area contributed by atoms with Crippen LogP contribution in [0.2, 0.25) is 0 Å². The van der Waals surface area contributed by atoms with Crippen molar-refractivity contribution in [3.05, 3.63) is 39.4 Å². The van der Waals surface area contributed by atoms with Gasteiger partial charge in [-0.2, -0.15) is 4.39 Å². The molecule has 1 N–H and O–H groups in total. The van der Waals surface area contributed by atoms with E-state index < -0.39 is 33.7 Å². The van der Waals surface area contributed by atoms with Gasteiger partial charge >= 0.3 is 5.69 Å². The first-order valence-electron chi connectivity index (χ1n) is 5.86. The normalized spacial score (nSPS) is 10.1. The Morgan fingerprint density at radius 3 is 2.48 bits per heavy atom. The minimum atomic E-state index is -1.54. The highest BCUT2D eigenvalue weighted by Crippen LogP contribution is 2.22. The highest BCUT2D eigenvalue weighted by atomic mass is 19.1. The second-order valence-electron chi connectivity index (χ2n) is 4.31. The zero-order valence-corrected chi connectivity index (χ0v) is 11.4. The molecule has 0 saturated carbocycles. The van der Waals surface area contributed by atoms with Crippen LogP contribution in [0.25, 0.3) is 0 Å². The third kappa shape index (κ3) is 3.94. The number of hydrogen-bond donors (Lipinski definition) is 1. The molecule has 0 aromatic heterocycles. The average Bonchev–Trinajstić information content (AvgIpc) is 2.37. The van der Waals surface area contributed by atoms with Crippen LogP contribution in [-0.4, -0.2) is 42.3 Å². The van der Waals surface area contributed by atoms with E-state index in [4.69, 9.17) is 0 Å². The number of benzene rings is 1. The van der Waals surface area contributed by atoms with Gasteiger partial charge in [0.2, 0.25) is 11.7 Å². The summed E-state index contributed by atoms with van der Waals surface area (Å²) >= 11 is 0. The number of carbonyl (C=O) groups is 2. The zero-order valence-electron chi connectivity index (χ0n) is 11.4. The molecule has 2 amide bonds. The first-order valence-corrected chi connectivity index (χ1v) is 5.86. The summed E-state index contributed by atoms with van der Waals surface area (Å²) in [5, 5.41) is 12.7. The maximum Gasteiger partial charge on any atom is 0.305 e. The highest BCUT2D eigenvalue weighted by Gasteiger charge is 2.26. The number of nitrogens with one attached hydrogen (secondary N) is 1. The fourth-order valence-corrected chi connectivity index (χ4v) is 1.49. The number of nitrogens with zero attached hydrogens (tertiary/aromatic N) is 2. The predicted molar refractivity (Wildman–Crippen MR) is 68.7 cm³/mol. The van der Waals surface area contributed by atoms with Crippen molar-refractivity contribution in [2.45, 2.75) is 6.42 Å². The summed E-state index contributed by atoms with van der Waals surface area (Å²) in [6.07, 6.45) is -0.0586. The molecule has 1 rings (SSSR count). The van der Waals surface area contributed by atoms with Gasteiger partial charge in [0.15, 0.2) is 0 Å². The molecule has 0 unspecified atom stereocenters. The molecule has 1 aromatic carbocycles. The van der Waals surface area contributed by atoms with E-state index in [0.717, 1.165) is 0 Å². The molecule has 0 bridgehead atoms. The molecular weight excluding hydrogens is 288 g/mol. The van der Waals surface area contributed by atoms with Crippen molar-refractivity contribution in [2.24, 2.45) is 0 Å². The maximum atomic E-state index is 13.7. The highest BCUT2D eigenvalue weighted by molar-refractivity contribution is 5.95. The van der Waals surface area contributed by atoms with Gasteiger partial charge < -0.3 is 10.2 Å². The summed E-state index contributed by atoms with van der Waals surface area (Å²) in [7, 11) is 3.04. The average molecular weight is 301 g/mol. The molecule has 0 radical (unpaired) electrons. The van der Waals surface area contributed by atoms with Gasteiger partial charge in [0.25, 0.3) is 5.91 Å². The van der Waals surface area contributed by atoms with Gasteiger partial charge in [-0.15, -0.1) is 0 Å². The van der Waals surface area contributed by atoms with Gasteiger partial charge in [0.05, 0.1) is 4.92 Å². The standard InChI is InChI=1S/C12H13F2N3O4/c1-16(2)9(18)5-6-15-12(19)10-7(13)3-4-8(11(10)14)17(20)21/h3-4H,5-6H2,1-2H3,(H,15,19). The zero-order chi connectivity index (χ0) is 16.2. The smallest absolute Gasteiger partial charge is 0.305 e. The molecule has 0 spiro atoms. The van der Waals surface area contributed by atoms with Crippen LogP contribution in [0, 0.1) is 21.7 Å². The van der Waals surface area contributed by atoms with Crippen LogP contribution in [0.5, 0.6) is 0 Å². The Balaban J connectivity index is 2.86. The van der Waals surface area contributed by atoms with E-state index in [-0.39, 0.29) is 18.9 Å². The predicted octanol–water partition coefficient (Wildman–Crippen LogP) is 1.08. The van der Waals surface area contributed by atoms with Gasteiger partial charge in [0, 0.05) is 33.1 Å². The summed E-state index contributed by atoms with van der Waals surface area (Å²) in [5.74, 6) is -4.19. The van der Waals surface area contributed by atoms with E-state index in [0.29, 0.717) is 12.1 Å². The molecule has 9 heteroatoms. The molecule has 0 aliphatic rings. The number of carbonyl (C=O) groups excluding carboxylic acids is 2. The third-order valence-electron chi connectivity index (χ3n) is 2.62. The number of nitro benzene ring substituents is 1. The fraction of sp³-hybridized carbons (Fsp3) is 0.333. The molecule has 0 saturated heterocycles. The SMILES string of the molecule is CN(C)C(=O)CCNC(=O)c1c(F)ccc([N+](=O)[O-])c1F. The van der Waals surface area contributed by atoms with E-state index >= 15 is 0 Å². The quantitative estimate of drug-likeness (QED) is 0.650. The van der Waals surface area contributed by atoms with Gasteiger partial charge in [-0.05, 0) is 6.07 Å². The van der Waals surface area contributed by atoms with Gasteiger partial charge in [-0.1, -0.05) is 0 Å². The van der Waals surface area contributed by atoms with Crippen molar-refractivity contribution in [3.8, 4) is 0 Å². The van der Waals surface area contributed by atoms with E-state index in [1.807, 2.05) is 0 Å². The number of nitro groups is 1. The van der Waals surface area contributed by atoms with E-state index in [1.54, 1.807) is 0 Å². The monoisotopic (exact) mass is 301 g/mol. The van der Waals surface area contributed by atoms with Crippen molar-refractivity contribution in [1.82, 2.24) is 10.2 Å². The van der Waals surface area contributed by atoms with Crippen molar-refractivity contribution in [1.29, 1.82) is 0 Å². The first kappa shape index (κ1) is 16.5. The molecule has 0 fully saturated rings. The lowest BCUT2D eigenvalue weighted by Gasteiger charge is -2.11. The van der Waals surface area contributed by atoms with Crippen LogP contribution in [0.3, 0.4) is 0 Å². The van der Waals surface area contributed by atoms with Crippen molar-refractivity contribution < 1.29 is 23.3 Å². The van der Waals surface area contributed by atoms with Gasteiger partial charge in [-0.25, -0.2) is 4.39 Å². The van der Waals surface area contributed by atoms with Crippen LogP contribution in [0.4, 0.5) is 14.5 Å². The fourth-order valence-electron chi connectivity index (χ4n) is 1.49. The van der Waals surface area contributed by atoms with Crippen LogP contribution in [-0.2, 0) is 4.79 Å². The summed E-state index contributed by atoms with van der Waals surface area (Å²) < 4.78 is 27.2. The Morgan fingerprint density at radius 2 is 1.95 bits per heavy atom. The summed E-state index contributed by atoms with van der Waals surface area (Å²) in [4.78, 5) is 33.7. The van der Waals surface area contributed by atoms with Gasteiger partial charge in [-0.3, -0.25) is 19.7 Å². The lowest BCUT2D eigenvalue weighted by molar-refractivity contribution is -0.387. The topological polar surface area (TPSA) is 92.6 Å². The number of hydrogen-bond acceptors (Lipinski definition) is 4. The maximum absolute atomic E-state index is 13.7. The molecule has 0 aliphatic carbocycles. The third-order valence-corrected chi connectivity index (χ3v) is 2.62. The molecule has 7 nitrogen and oxygen atoms in total. The Bertz CT molecular complexity index is 590. The van der Waals surface area contributed by atoms with E-state index in [1.165, 1.54) is 19.0 Å². The largest absolute Gasteiger partial charge is 0.351 e. The van der Waals surface area contributed by atoms with Crippen molar-refractivity contribution in [2.75, 3.05) is 20.6 Å².